The molecule has 2 amide bonds. The minimum atomic E-state index is -0.705. The number of nitrogens with zero attached hydrogens (tertiary/aromatic N) is 1. The molecule has 0 spiro atoms. The molecule has 5 heteroatoms. The normalized spacial score (nSPS) is 30.3. The summed E-state index contributed by atoms with van der Waals surface area (Å²) < 4.78 is 17.6. The Balaban J connectivity index is 1.81. The molecule has 0 bridgehead atoms. The van der Waals surface area contributed by atoms with E-state index in [2.05, 4.69) is 0 Å². The standard InChI is InChI=1S/C11H16FNO3/c12-9-3-1-8(2-4-9)7-10(14)13-5-6-16-11(13)15/h8-9H,1-7H2. The zero-order chi connectivity index (χ0) is 11.5. The summed E-state index contributed by atoms with van der Waals surface area (Å²) in [5, 5.41) is 0. The van der Waals surface area contributed by atoms with E-state index in [0.29, 0.717) is 32.4 Å². The molecule has 1 heterocycles. The first-order valence-electron chi connectivity index (χ1n) is 5.78. The summed E-state index contributed by atoms with van der Waals surface area (Å²) in [5.74, 6) is 0.0534. The van der Waals surface area contributed by atoms with Crippen LogP contribution in [0.4, 0.5) is 9.18 Å². The molecule has 1 saturated carbocycles. The van der Waals surface area contributed by atoms with Crippen molar-refractivity contribution in [2.45, 2.75) is 38.3 Å². The van der Waals surface area contributed by atoms with Crippen LogP contribution in [0.3, 0.4) is 0 Å². The van der Waals surface area contributed by atoms with Crippen LogP contribution in [-0.2, 0) is 9.53 Å². The van der Waals surface area contributed by atoms with Gasteiger partial charge in [0.15, 0.2) is 0 Å². The van der Waals surface area contributed by atoms with Crippen LogP contribution in [0.5, 0.6) is 0 Å². The average Bonchev–Trinajstić information content (AvgIpc) is 2.68. The van der Waals surface area contributed by atoms with E-state index in [9.17, 15) is 14.0 Å². The smallest absolute Gasteiger partial charge is 0.416 e. The molecule has 1 saturated heterocycles. The van der Waals surface area contributed by atoms with Crippen molar-refractivity contribution in [1.82, 2.24) is 4.90 Å². The Labute approximate surface area is 93.7 Å². The maximum Gasteiger partial charge on any atom is 0.416 e. The highest BCUT2D eigenvalue weighted by molar-refractivity contribution is 5.93. The summed E-state index contributed by atoms with van der Waals surface area (Å²) in [7, 11) is 0. The number of rotatable bonds is 2. The molecule has 0 unspecified atom stereocenters. The minimum absolute atomic E-state index is 0.176. The van der Waals surface area contributed by atoms with Gasteiger partial charge in [-0.15, -0.1) is 0 Å². The summed E-state index contributed by atoms with van der Waals surface area (Å²) in [6, 6.07) is 0. The van der Waals surface area contributed by atoms with E-state index >= 15 is 0 Å². The molecular weight excluding hydrogens is 213 g/mol. The molecule has 2 aliphatic rings. The van der Waals surface area contributed by atoms with E-state index in [0.717, 1.165) is 17.7 Å². The first kappa shape index (κ1) is 11.4. The monoisotopic (exact) mass is 229 g/mol. The number of imide groups is 1. The first-order chi connectivity index (χ1) is 7.66. The van der Waals surface area contributed by atoms with Gasteiger partial charge in [-0.3, -0.25) is 4.79 Å². The molecule has 1 aliphatic carbocycles. The molecule has 4 nitrogen and oxygen atoms in total. The SMILES string of the molecule is O=C(CC1CCC(F)CC1)N1CCOC1=O. The van der Waals surface area contributed by atoms with Crippen molar-refractivity contribution in [3.63, 3.8) is 0 Å². The molecule has 2 fully saturated rings. The second-order valence-corrected chi connectivity index (χ2v) is 4.48. The number of ether oxygens (including phenoxy) is 1. The highest BCUT2D eigenvalue weighted by Crippen LogP contribution is 2.29. The third-order valence-corrected chi connectivity index (χ3v) is 3.30. The fraction of sp³-hybridized carbons (Fsp3) is 0.818. The van der Waals surface area contributed by atoms with Crippen LogP contribution >= 0.6 is 0 Å². The molecule has 0 radical (unpaired) electrons. The number of carbonyl (C=O) groups excluding carboxylic acids is 2. The molecular formula is C11H16FNO3. The highest BCUT2D eigenvalue weighted by Gasteiger charge is 2.31. The van der Waals surface area contributed by atoms with Crippen molar-refractivity contribution in [2.24, 2.45) is 5.92 Å². The number of carbonyl (C=O) groups is 2. The first-order valence-corrected chi connectivity index (χ1v) is 5.78. The second kappa shape index (κ2) is 4.80. The Morgan fingerprint density at radius 3 is 2.62 bits per heavy atom. The van der Waals surface area contributed by atoms with Crippen LogP contribution in [0.15, 0.2) is 0 Å². The van der Waals surface area contributed by atoms with E-state index in [4.69, 9.17) is 4.74 Å². The van der Waals surface area contributed by atoms with Gasteiger partial charge in [-0.05, 0) is 31.6 Å². The maximum absolute atomic E-state index is 12.9. The topological polar surface area (TPSA) is 46.6 Å². The van der Waals surface area contributed by atoms with Gasteiger partial charge in [0, 0.05) is 6.42 Å². The predicted octanol–water partition coefficient (Wildman–Crippen LogP) is 1.88. The van der Waals surface area contributed by atoms with Crippen molar-refractivity contribution >= 4 is 12.0 Å². The van der Waals surface area contributed by atoms with Gasteiger partial charge in [-0.25, -0.2) is 14.1 Å². The lowest BCUT2D eigenvalue weighted by Gasteiger charge is -2.24. The van der Waals surface area contributed by atoms with Gasteiger partial charge in [-0.1, -0.05) is 0 Å². The van der Waals surface area contributed by atoms with Gasteiger partial charge in [0.1, 0.15) is 12.8 Å². The number of cyclic esters (lactones) is 1. The van der Waals surface area contributed by atoms with Crippen LogP contribution in [0.1, 0.15) is 32.1 Å². The van der Waals surface area contributed by atoms with Gasteiger partial charge in [0.05, 0.1) is 6.54 Å². The van der Waals surface area contributed by atoms with Crippen LogP contribution in [-0.4, -0.2) is 36.2 Å². The molecule has 0 N–H and O–H groups in total. The van der Waals surface area contributed by atoms with Gasteiger partial charge >= 0.3 is 6.09 Å². The van der Waals surface area contributed by atoms with Crippen LogP contribution in [0.2, 0.25) is 0 Å². The fourth-order valence-corrected chi connectivity index (χ4v) is 2.30. The van der Waals surface area contributed by atoms with Crippen molar-refractivity contribution < 1.29 is 18.7 Å². The van der Waals surface area contributed by atoms with Gasteiger partial charge in [0.25, 0.3) is 0 Å². The molecule has 1 aliphatic heterocycles. The number of hydrogen-bond acceptors (Lipinski definition) is 3. The van der Waals surface area contributed by atoms with E-state index in [1.54, 1.807) is 0 Å². The average molecular weight is 229 g/mol. The summed E-state index contributed by atoms with van der Waals surface area (Å²) >= 11 is 0. The number of halogens is 1. The van der Waals surface area contributed by atoms with Crippen molar-refractivity contribution in [3.8, 4) is 0 Å². The van der Waals surface area contributed by atoms with Crippen molar-refractivity contribution in [2.75, 3.05) is 13.2 Å². The van der Waals surface area contributed by atoms with E-state index in [-0.39, 0.29) is 11.8 Å². The van der Waals surface area contributed by atoms with Crippen LogP contribution < -0.4 is 0 Å². The Hall–Kier alpha value is -1.13. The molecule has 16 heavy (non-hydrogen) atoms. The molecule has 90 valence electrons. The lowest BCUT2D eigenvalue weighted by molar-refractivity contribution is -0.129. The summed E-state index contributed by atoms with van der Waals surface area (Å²) in [6.45, 7) is 0.651. The molecule has 0 aromatic rings. The quantitative estimate of drug-likeness (QED) is 0.726. The summed E-state index contributed by atoms with van der Waals surface area (Å²) in [4.78, 5) is 24.0. The third kappa shape index (κ3) is 2.51. The molecule has 2 rings (SSSR count). The van der Waals surface area contributed by atoms with Crippen molar-refractivity contribution in [3.05, 3.63) is 0 Å². The molecule has 0 aromatic carbocycles. The zero-order valence-electron chi connectivity index (χ0n) is 9.15. The Morgan fingerprint density at radius 1 is 1.38 bits per heavy atom. The largest absolute Gasteiger partial charge is 0.447 e. The zero-order valence-corrected chi connectivity index (χ0v) is 9.15. The molecule has 0 atom stereocenters. The van der Waals surface area contributed by atoms with Crippen molar-refractivity contribution in [1.29, 1.82) is 0 Å². The lowest BCUT2D eigenvalue weighted by Crippen LogP contribution is -2.33. The van der Waals surface area contributed by atoms with E-state index < -0.39 is 12.3 Å². The van der Waals surface area contributed by atoms with Gasteiger partial charge < -0.3 is 4.74 Å². The number of amides is 2. The Bertz CT molecular complexity index is 287. The third-order valence-electron chi connectivity index (χ3n) is 3.30. The Morgan fingerprint density at radius 2 is 2.06 bits per heavy atom. The molecule has 0 aromatic heterocycles. The maximum atomic E-state index is 12.9. The highest BCUT2D eigenvalue weighted by atomic mass is 19.1. The van der Waals surface area contributed by atoms with Gasteiger partial charge in [0.2, 0.25) is 5.91 Å². The summed E-state index contributed by atoms with van der Waals surface area (Å²) in [6.07, 6.45) is 1.69. The van der Waals surface area contributed by atoms with Crippen LogP contribution in [0, 0.1) is 5.92 Å². The Kier molecular flexibility index (Phi) is 3.41. The van der Waals surface area contributed by atoms with E-state index in [1.807, 2.05) is 0 Å². The second-order valence-electron chi connectivity index (χ2n) is 4.48. The number of alkyl halides is 1. The lowest BCUT2D eigenvalue weighted by atomic mass is 9.86. The minimum Gasteiger partial charge on any atom is -0.447 e. The summed E-state index contributed by atoms with van der Waals surface area (Å²) in [5.41, 5.74) is 0. The number of hydrogen-bond donors (Lipinski definition) is 0. The van der Waals surface area contributed by atoms with E-state index in [1.165, 1.54) is 0 Å². The van der Waals surface area contributed by atoms with Crippen LogP contribution in [0.25, 0.3) is 0 Å². The fourth-order valence-electron chi connectivity index (χ4n) is 2.30. The van der Waals surface area contributed by atoms with Gasteiger partial charge in [-0.2, -0.15) is 0 Å². The predicted molar refractivity (Wildman–Crippen MR) is 54.5 cm³/mol.